The van der Waals surface area contributed by atoms with Crippen LogP contribution in [-0.4, -0.2) is 6.54 Å². The van der Waals surface area contributed by atoms with Crippen molar-refractivity contribution in [1.82, 2.24) is 0 Å². The molecule has 0 bridgehead atoms. The van der Waals surface area contributed by atoms with E-state index in [0.29, 0.717) is 0 Å². The third-order valence-electron chi connectivity index (χ3n) is 2.90. The molecule has 1 aliphatic heterocycles. The first-order valence-electron chi connectivity index (χ1n) is 5.34. The van der Waals surface area contributed by atoms with Gasteiger partial charge in [-0.15, -0.1) is 0 Å². The maximum Gasteiger partial charge on any atom is 0.0377 e. The Labute approximate surface area is 94.0 Å². The molecular weight excluding hydrogens is 238 g/mol. The van der Waals surface area contributed by atoms with Gasteiger partial charge in [0.1, 0.15) is 0 Å². The van der Waals surface area contributed by atoms with Gasteiger partial charge in [0.15, 0.2) is 0 Å². The fourth-order valence-electron chi connectivity index (χ4n) is 2.08. The lowest BCUT2D eigenvalue weighted by atomic mass is 9.96. The lowest BCUT2D eigenvalue weighted by Crippen LogP contribution is -2.01. The average Bonchev–Trinajstić information content (AvgIpc) is 2.57. The van der Waals surface area contributed by atoms with E-state index in [2.05, 4.69) is 46.4 Å². The highest BCUT2D eigenvalue weighted by atomic mass is 79.9. The van der Waals surface area contributed by atoms with Crippen LogP contribution in [0.3, 0.4) is 0 Å². The number of hydrogen-bond acceptors (Lipinski definition) is 1. The third kappa shape index (κ3) is 1.95. The number of benzene rings is 1. The minimum absolute atomic E-state index is 0.724. The van der Waals surface area contributed by atoms with Crippen molar-refractivity contribution in [3.8, 4) is 0 Å². The predicted molar refractivity (Wildman–Crippen MR) is 64.9 cm³/mol. The van der Waals surface area contributed by atoms with Gasteiger partial charge in [-0.3, -0.25) is 0 Å². The summed E-state index contributed by atoms with van der Waals surface area (Å²) in [5.74, 6) is 0.724. The molecule has 76 valence electrons. The van der Waals surface area contributed by atoms with Gasteiger partial charge in [-0.25, -0.2) is 0 Å². The Hall–Kier alpha value is -0.500. The second-order valence-corrected chi connectivity index (χ2v) is 4.87. The summed E-state index contributed by atoms with van der Waals surface area (Å²) in [6.07, 6.45) is 3.94. The van der Waals surface area contributed by atoms with Crippen molar-refractivity contribution in [2.75, 3.05) is 11.9 Å². The molecule has 0 aliphatic carbocycles. The molecule has 2 rings (SSSR count). The lowest BCUT2D eigenvalue weighted by molar-refractivity contribution is 0.621. The highest BCUT2D eigenvalue weighted by Crippen LogP contribution is 2.36. The van der Waals surface area contributed by atoms with Crippen molar-refractivity contribution in [3.63, 3.8) is 0 Å². The highest BCUT2D eigenvalue weighted by Gasteiger charge is 2.21. The summed E-state index contributed by atoms with van der Waals surface area (Å²) >= 11 is 3.53. The van der Waals surface area contributed by atoms with Gasteiger partial charge in [0.2, 0.25) is 0 Å². The number of unbranched alkanes of at least 4 members (excludes halogenated alkanes) is 1. The molecule has 0 radical (unpaired) electrons. The summed E-state index contributed by atoms with van der Waals surface area (Å²) in [6.45, 7) is 3.37. The summed E-state index contributed by atoms with van der Waals surface area (Å²) in [5.41, 5.74) is 2.82. The molecule has 0 fully saturated rings. The van der Waals surface area contributed by atoms with Gasteiger partial charge in [-0.05, 0) is 30.2 Å². The number of fused-ring (bicyclic) bond motifs is 1. The summed E-state index contributed by atoms with van der Waals surface area (Å²) in [6, 6.07) is 6.54. The fraction of sp³-hybridized carbons (Fsp3) is 0.500. The first-order valence-corrected chi connectivity index (χ1v) is 6.14. The number of anilines is 1. The van der Waals surface area contributed by atoms with Crippen molar-refractivity contribution in [2.24, 2.45) is 0 Å². The highest BCUT2D eigenvalue weighted by molar-refractivity contribution is 9.10. The third-order valence-corrected chi connectivity index (χ3v) is 3.39. The van der Waals surface area contributed by atoms with Crippen LogP contribution in [0.2, 0.25) is 0 Å². The van der Waals surface area contributed by atoms with Gasteiger partial charge in [0.05, 0.1) is 0 Å². The van der Waals surface area contributed by atoms with Crippen LogP contribution in [0.5, 0.6) is 0 Å². The second kappa shape index (κ2) is 4.35. The van der Waals surface area contributed by atoms with Gasteiger partial charge in [0.25, 0.3) is 0 Å². The van der Waals surface area contributed by atoms with Crippen molar-refractivity contribution in [2.45, 2.75) is 32.1 Å². The molecule has 0 saturated carbocycles. The quantitative estimate of drug-likeness (QED) is 0.854. The minimum Gasteiger partial charge on any atom is -0.384 e. The van der Waals surface area contributed by atoms with Crippen molar-refractivity contribution in [3.05, 3.63) is 28.2 Å². The van der Waals surface area contributed by atoms with Gasteiger partial charge in [-0.2, -0.15) is 0 Å². The Morgan fingerprint density at radius 2 is 2.36 bits per heavy atom. The molecule has 1 nitrogen and oxygen atoms in total. The Morgan fingerprint density at radius 3 is 3.14 bits per heavy atom. The van der Waals surface area contributed by atoms with E-state index in [4.69, 9.17) is 0 Å². The topological polar surface area (TPSA) is 12.0 Å². The van der Waals surface area contributed by atoms with E-state index < -0.39 is 0 Å². The minimum atomic E-state index is 0.724. The van der Waals surface area contributed by atoms with E-state index >= 15 is 0 Å². The molecule has 1 N–H and O–H groups in total. The van der Waals surface area contributed by atoms with Crippen LogP contribution in [0.25, 0.3) is 0 Å². The number of rotatable bonds is 3. The monoisotopic (exact) mass is 253 g/mol. The molecule has 1 atom stereocenters. The van der Waals surface area contributed by atoms with E-state index in [0.717, 1.165) is 12.5 Å². The van der Waals surface area contributed by atoms with Gasteiger partial charge in [0, 0.05) is 22.6 Å². The maximum atomic E-state index is 3.53. The van der Waals surface area contributed by atoms with E-state index in [-0.39, 0.29) is 0 Å². The van der Waals surface area contributed by atoms with Crippen LogP contribution in [0.15, 0.2) is 22.7 Å². The Balaban J connectivity index is 2.16. The van der Waals surface area contributed by atoms with Crippen molar-refractivity contribution >= 4 is 21.6 Å². The molecule has 1 unspecified atom stereocenters. The van der Waals surface area contributed by atoms with Gasteiger partial charge in [-0.1, -0.05) is 35.7 Å². The first kappa shape index (κ1) is 10.0. The molecule has 14 heavy (non-hydrogen) atoms. The van der Waals surface area contributed by atoms with Crippen LogP contribution >= 0.6 is 15.9 Å². The molecule has 0 amide bonds. The zero-order valence-corrected chi connectivity index (χ0v) is 10.1. The second-order valence-electron chi connectivity index (χ2n) is 3.95. The van der Waals surface area contributed by atoms with Gasteiger partial charge < -0.3 is 5.32 Å². The zero-order chi connectivity index (χ0) is 9.97. The lowest BCUT2D eigenvalue weighted by Gasteiger charge is -2.08. The van der Waals surface area contributed by atoms with Crippen LogP contribution < -0.4 is 5.32 Å². The number of hydrogen-bond donors (Lipinski definition) is 1. The van der Waals surface area contributed by atoms with Crippen LogP contribution in [0.4, 0.5) is 5.69 Å². The largest absolute Gasteiger partial charge is 0.384 e. The molecule has 1 aromatic carbocycles. The summed E-state index contributed by atoms with van der Waals surface area (Å²) < 4.78 is 1.20. The average molecular weight is 254 g/mol. The van der Waals surface area contributed by atoms with Crippen LogP contribution in [-0.2, 0) is 0 Å². The number of nitrogens with one attached hydrogen (secondary N) is 1. The molecule has 2 heteroatoms. The molecule has 0 saturated heterocycles. The molecule has 1 heterocycles. The van der Waals surface area contributed by atoms with Crippen LogP contribution in [0.1, 0.15) is 37.7 Å². The standard InChI is InChI=1S/C12H16BrN/c1-2-3-4-9-8-14-12-6-5-10(13)7-11(9)12/h5-7,9,14H,2-4,8H2,1H3. The normalized spacial score (nSPS) is 19.1. The summed E-state index contributed by atoms with van der Waals surface area (Å²) in [4.78, 5) is 0. The van der Waals surface area contributed by atoms with Gasteiger partial charge >= 0.3 is 0 Å². The molecule has 0 aromatic heterocycles. The summed E-state index contributed by atoms with van der Waals surface area (Å²) in [7, 11) is 0. The molecule has 1 aromatic rings. The van der Waals surface area contributed by atoms with E-state index in [9.17, 15) is 0 Å². The van der Waals surface area contributed by atoms with E-state index in [1.807, 2.05) is 0 Å². The Morgan fingerprint density at radius 1 is 1.50 bits per heavy atom. The van der Waals surface area contributed by atoms with E-state index in [1.54, 1.807) is 0 Å². The number of halogens is 1. The predicted octanol–water partition coefficient (Wildman–Crippen LogP) is 4.15. The zero-order valence-electron chi connectivity index (χ0n) is 8.52. The van der Waals surface area contributed by atoms with Crippen LogP contribution in [0, 0.1) is 0 Å². The van der Waals surface area contributed by atoms with Crippen molar-refractivity contribution < 1.29 is 0 Å². The Kier molecular flexibility index (Phi) is 3.12. The fourth-order valence-corrected chi connectivity index (χ4v) is 2.46. The SMILES string of the molecule is CCCCC1CNc2ccc(Br)cc21. The maximum absolute atomic E-state index is 3.53. The smallest absolute Gasteiger partial charge is 0.0377 e. The first-order chi connectivity index (χ1) is 6.81. The molecular formula is C12H16BrN. The van der Waals surface area contributed by atoms with Crippen molar-refractivity contribution in [1.29, 1.82) is 0 Å². The molecule has 1 aliphatic rings. The summed E-state index contributed by atoms with van der Waals surface area (Å²) in [5, 5.41) is 3.47. The Bertz CT molecular complexity index is 322. The van der Waals surface area contributed by atoms with E-state index in [1.165, 1.54) is 35.0 Å². The molecule has 0 spiro atoms.